The Bertz CT molecular complexity index is 299. The Labute approximate surface area is 79.4 Å². The Hall–Kier alpha value is -1.02. The average molecular weight is 179 g/mol. The third-order valence-corrected chi connectivity index (χ3v) is 2.13. The minimum atomic E-state index is -0.386. The van der Waals surface area contributed by atoms with Gasteiger partial charge in [-0.25, -0.2) is 0 Å². The SMILES string of the molecule is CCc1cc(O)cc(C(C)(C)N)c1. The Morgan fingerprint density at radius 1 is 1.31 bits per heavy atom. The largest absolute Gasteiger partial charge is 0.508 e. The molecular weight excluding hydrogens is 162 g/mol. The number of phenolic OH excluding ortho intramolecular Hbond substituents is 1. The molecule has 0 aliphatic heterocycles. The summed E-state index contributed by atoms with van der Waals surface area (Å²) in [5.74, 6) is 0.299. The number of phenols is 1. The topological polar surface area (TPSA) is 46.2 Å². The molecule has 0 heterocycles. The highest BCUT2D eigenvalue weighted by atomic mass is 16.3. The monoisotopic (exact) mass is 179 g/mol. The van der Waals surface area contributed by atoms with Gasteiger partial charge in [-0.05, 0) is 43.5 Å². The smallest absolute Gasteiger partial charge is 0.116 e. The zero-order valence-electron chi connectivity index (χ0n) is 8.46. The first-order valence-corrected chi connectivity index (χ1v) is 4.55. The number of benzene rings is 1. The van der Waals surface area contributed by atoms with Gasteiger partial charge in [0.25, 0.3) is 0 Å². The van der Waals surface area contributed by atoms with Gasteiger partial charge in [-0.15, -0.1) is 0 Å². The van der Waals surface area contributed by atoms with Crippen LogP contribution in [0.25, 0.3) is 0 Å². The van der Waals surface area contributed by atoms with Crippen LogP contribution in [0.5, 0.6) is 5.75 Å². The van der Waals surface area contributed by atoms with Gasteiger partial charge in [0.05, 0.1) is 0 Å². The molecule has 0 aliphatic carbocycles. The maximum Gasteiger partial charge on any atom is 0.116 e. The van der Waals surface area contributed by atoms with Crippen molar-refractivity contribution >= 4 is 0 Å². The van der Waals surface area contributed by atoms with Gasteiger partial charge in [0.2, 0.25) is 0 Å². The van der Waals surface area contributed by atoms with Gasteiger partial charge in [-0.3, -0.25) is 0 Å². The molecule has 0 amide bonds. The Morgan fingerprint density at radius 2 is 1.92 bits per heavy atom. The Kier molecular flexibility index (Phi) is 2.62. The lowest BCUT2D eigenvalue weighted by atomic mass is 9.93. The first-order valence-electron chi connectivity index (χ1n) is 4.55. The zero-order chi connectivity index (χ0) is 10.1. The van der Waals surface area contributed by atoms with Crippen LogP contribution in [0.2, 0.25) is 0 Å². The summed E-state index contributed by atoms with van der Waals surface area (Å²) in [6, 6.07) is 5.54. The highest BCUT2D eigenvalue weighted by molar-refractivity contribution is 5.36. The van der Waals surface area contributed by atoms with Crippen LogP contribution in [0.1, 0.15) is 31.9 Å². The molecule has 0 saturated carbocycles. The molecule has 1 aromatic carbocycles. The van der Waals surface area contributed by atoms with Crippen LogP contribution < -0.4 is 5.73 Å². The summed E-state index contributed by atoms with van der Waals surface area (Å²) < 4.78 is 0. The minimum absolute atomic E-state index is 0.299. The summed E-state index contributed by atoms with van der Waals surface area (Å²) in [6.45, 7) is 5.92. The molecule has 0 atom stereocenters. The lowest BCUT2D eigenvalue weighted by Gasteiger charge is -2.20. The van der Waals surface area contributed by atoms with E-state index in [2.05, 4.69) is 6.92 Å². The van der Waals surface area contributed by atoms with Crippen molar-refractivity contribution in [2.24, 2.45) is 5.73 Å². The summed E-state index contributed by atoms with van der Waals surface area (Å²) in [6.07, 6.45) is 0.914. The van der Waals surface area contributed by atoms with Crippen LogP contribution in [0.15, 0.2) is 18.2 Å². The van der Waals surface area contributed by atoms with Crippen LogP contribution in [0.3, 0.4) is 0 Å². The van der Waals surface area contributed by atoms with Gasteiger partial charge in [-0.1, -0.05) is 13.0 Å². The predicted molar refractivity (Wildman–Crippen MR) is 54.7 cm³/mol. The molecule has 0 aliphatic rings. The van der Waals surface area contributed by atoms with Crippen LogP contribution in [-0.4, -0.2) is 5.11 Å². The second-order valence-electron chi connectivity index (χ2n) is 3.96. The van der Waals surface area contributed by atoms with Crippen molar-refractivity contribution in [3.8, 4) is 5.75 Å². The lowest BCUT2D eigenvalue weighted by Crippen LogP contribution is -2.28. The fourth-order valence-corrected chi connectivity index (χ4v) is 1.25. The minimum Gasteiger partial charge on any atom is -0.508 e. The van der Waals surface area contributed by atoms with Gasteiger partial charge >= 0.3 is 0 Å². The quantitative estimate of drug-likeness (QED) is 0.730. The molecule has 0 spiro atoms. The lowest BCUT2D eigenvalue weighted by molar-refractivity contribution is 0.468. The number of aryl methyl sites for hydroxylation is 1. The van der Waals surface area contributed by atoms with Crippen LogP contribution in [0, 0.1) is 0 Å². The molecule has 1 aromatic rings. The standard InChI is InChI=1S/C11H17NO/c1-4-8-5-9(11(2,3)12)7-10(13)6-8/h5-7,13H,4,12H2,1-3H3. The van der Waals surface area contributed by atoms with Gasteiger partial charge in [0, 0.05) is 5.54 Å². The van der Waals surface area contributed by atoms with Gasteiger partial charge < -0.3 is 10.8 Å². The number of aromatic hydroxyl groups is 1. The molecule has 3 N–H and O–H groups in total. The predicted octanol–water partition coefficient (Wildman–Crippen LogP) is 2.15. The summed E-state index contributed by atoms with van der Waals surface area (Å²) in [4.78, 5) is 0. The molecule has 0 aromatic heterocycles. The van der Waals surface area contributed by atoms with Crippen molar-refractivity contribution in [2.75, 3.05) is 0 Å². The van der Waals surface area contributed by atoms with Crippen molar-refractivity contribution in [3.63, 3.8) is 0 Å². The molecule has 1 rings (SSSR count). The molecule has 0 radical (unpaired) electrons. The number of nitrogens with two attached hydrogens (primary N) is 1. The highest BCUT2D eigenvalue weighted by Crippen LogP contribution is 2.23. The van der Waals surface area contributed by atoms with Gasteiger partial charge in [0.1, 0.15) is 5.75 Å². The molecular formula is C11H17NO. The molecule has 0 saturated heterocycles. The molecule has 13 heavy (non-hydrogen) atoms. The first kappa shape index (κ1) is 10.1. The fourth-order valence-electron chi connectivity index (χ4n) is 1.25. The van der Waals surface area contributed by atoms with Gasteiger partial charge in [0.15, 0.2) is 0 Å². The Balaban J connectivity index is 3.16. The molecule has 72 valence electrons. The maximum absolute atomic E-state index is 9.43. The summed E-state index contributed by atoms with van der Waals surface area (Å²) in [5.41, 5.74) is 7.65. The fraction of sp³-hybridized carbons (Fsp3) is 0.455. The van der Waals surface area contributed by atoms with Crippen LogP contribution >= 0.6 is 0 Å². The van der Waals surface area contributed by atoms with E-state index < -0.39 is 0 Å². The molecule has 0 bridgehead atoms. The maximum atomic E-state index is 9.43. The van der Waals surface area contributed by atoms with E-state index in [4.69, 9.17) is 5.73 Å². The highest BCUT2D eigenvalue weighted by Gasteiger charge is 2.15. The third kappa shape index (κ3) is 2.46. The number of hydrogen-bond acceptors (Lipinski definition) is 2. The summed E-state index contributed by atoms with van der Waals surface area (Å²) >= 11 is 0. The molecule has 0 fully saturated rings. The van der Waals surface area contributed by atoms with E-state index in [1.54, 1.807) is 12.1 Å². The molecule has 0 unspecified atom stereocenters. The van der Waals surface area contributed by atoms with Crippen LogP contribution in [0.4, 0.5) is 0 Å². The normalized spacial score (nSPS) is 11.7. The summed E-state index contributed by atoms with van der Waals surface area (Å²) in [5, 5.41) is 9.43. The van der Waals surface area contributed by atoms with E-state index in [1.807, 2.05) is 19.9 Å². The van der Waals surface area contributed by atoms with E-state index in [-0.39, 0.29) is 5.54 Å². The number of hydrogen-bond donors (Lipinski definition) is 2. The number of rotatable bonds is 2. The first-order chi connectivity index (χ1) is 5.93. The van der Waals surface area contributed by atoms with Gasteiger partial charge in [-0.2, -0.15) is 0 Å². The van der Waals surface area contributed by atoms with Crippen molar-refractivity contribution in [3.05, 3.63) is 29.3 Å². The Morgan fingerprint density at radius 3 is 2.38 bits per heavy atom. The third-order valence-electron chi connectivity index (χ3n) is 2.13. The van der Waals surface area contributed by atoms with E-state index >= 15 is 0 Å². The van der Waals surface area contributed by atoms with E-state index in [1.165, 1.54) is 0 Å². The van der Waals surface area contributed by atoms with E-state index in [0.29, 0.717) is 5.75 Å². The van der Waals surface area contributed by atoms with Crippen molar-refractivity contribution in [1.82, 2.24) is 0 Å². The van der Waals surface area contributed by atoms with E-state index in [0.717, 1.165) is 17.5 Å². The van der Waals surface area contributed by atoms with Crippen molar-refractivity contribution in [2.45, 2.75) is 32.7 Å². The second-order valence-corrected chi connectivity index (χ2v) is 3.96. The molecule has 2 heteroatoms. The van der Waals surface area contributed by atoms with Crippen LogP contribution in [-0.2, 0) is 12.0 Å². The van der Waals surface area contributed by atoms with Crippen molar-refractivity contribution in [1.29, 1.82) is 0 Å². The average Bonchev–Trinajstić information content (AvgIpc) is 2.01. The zero-order valence-corrected chi connectivity index (χ0v) is 8.46. The van der Waals surface area contributed by atoms with Crippen molar-refractivity contribution < 1.29 is 5.11 Å². The second kappa shape index (κ2) is 3.38. The van der Waals surface area contributed by atoms with E-state index in [9.17, 15) is 5.11 Å². The molecule has 2 nitrogen and oxygen atoms in total. The summed E-state index contributed by atoms with van der Waals surface area (Å²) in [7, 11) is 0.